The highest BCUT2D eigenvalue weighted by molar-refractivity contribution is 4.89. The Labute approximate surface area is 106 Å². The van der Waals surface area contributed by atoms with Gasteiger partial charge in [-0.3, -0.25) is 9.80 Å². The van der Waals surface area contributed by atoms with E-state index in [-0.39, 0.29) is 6.10 Å². The summed E-state index contributed by atoms with van der Waals surface area (Å²) in [5, 5.41) is 10.2. The molecule has 1 saturated carbocycles. The Balaban J connectivity index is 1.80. The number of piperazine rings is 1. The maximum absolute atomic E-state index is 10.2. The molecule has 1 saturated heterocycles. The molecular weight excluding hydrogens is 212 g/mol. The summed E-state index contributed by atoms with van der Waals surface area (Å²) in [7, 11) is 0. The average molecular weight is 240 g/mol. The number of hydrogen-bond acceptors (Lipinski definition) is 3. The summed E-state index contributed by atoms with van der Waals surface area (Å²) in [4.78, 5) is 5.15. The van der Waals surface area contributed by atoms with Gasteiger partial charge in [0.05, 0.1) is 6.10 Å². The summed E-state index contributed by atoms with van der Waals surface area (Å²) in [5.74, 6) is 0. The van der Waals surface area contributed by atoms with Gasteiger partial charge >= 0.3 is 0 Å². The minimum atomic E-state index is -0.127. The minimum absolute atomic E-state index is 0.127. The van der Waals surface area contributed by atoms with Gasteiger partial charge in [0.25, 0.3) is 0 Å². The van der Waals surface area contributed by atoms with Crippen LogP contribution < -0.4 is 0 Å². The summed E-state index contributed by atoms with van der Waals surface area (Å²) in [6, 6.07) is 1.29. The van der Waals surface area contributed by atoms with Gasteiger partial charge in [0.1, 0.15) is 0 Å². The van der Waals surface area contributed by atoms with E-state index in [0.717, 1.165) is 38.4 Å². The first-order chi connectivity index (χ1) is 8.26. The van der Waals surface area contributed by atoms with Gasteiger partial charge in [-0.1, -0.05) is 20.3 Å². The van der Waals surface area contributed by atoms with Crippen LogP contribution in [0.3, 0.4) is 0 Å². The molecule has 1 N–H and O–H groups in total. The molecular formula is C14H28N2O. The zero-order valence-corrected chi connectivity index (χ0v) is 11.4. The predicted molar refractivity (Wildman–Crippen MR) is 71.2 cm³/mol. The molecule has 0 aromatic rings. The van der Waals surface area contributed by atoms with Gasteiger partial charge in [-0.05, 0) is 25.7 Å². The molecule has 17 heavy (non-hydrogen) atoms. The van der Waals surface area contributed by atoms with Crippen molar-refractivity contribution in [2.75, 3.05) is 26.2 Å². The monoisotopic (exact) mass is 240 g/mol. The van der Waals surface area contributed by atoms with Crippen molar-refractivity contribution < 1.29 is 5.11 Å². The normalized spacial score (nSPS) is 27.0. The van der Waals surface area contributed by atoms with Crippen molar-refractivity contribution in [3.63, 3.8) is 0 Å². The lowest BCUT2D eigenvalue weighted by Crippen LogP contribution is -2.53. The van der Waals surface area contributed by atoms with Gasteiger partial charge in [-0.2, -0.15) is 0 Å². The van der Waals surface area contributed by atoms with E-state index in [2.05, 4.69) is 23.6 Å². The lowest BCUT2D eigenvalue weighted by atomic mass is 10.0. The van der Waals surface area contributed by atoms with E-state index >= 15 is 0 Å². The van der Waals surface area contributed by atoms with Gasteiger partial charge in [-0.25, -0.2) is 0 Å². The molecule has 1 aliphatic carbocycles. The zero-order chi connectivity index (χ0) is 12.3. The molecule has 0 spiro atoms. The summed E-state index contributed by atoms with van der Waals surface area (Å²) in [6.45, 7) is 9.07. The Morgan fingerprint density at radius 1 is 1.12 bits per heavy atom. The highest BCUT2D eigenvalue weighted by atomic mass is 16.3. The first-order valence-corrected chi connectivity index (χ1v) is 7.42. The van der Waals surface area contributed by atoms with E-state index in [1.807, 2.05) is 0 Å². The number of aliphatic hydroxyl groups excluding tert-OH is 1. The van der Waals surface area contributed by atoms with Gasteiger partial charge < -0.3 is 5.11 Å². The van der Waals surface area contributed by atoms with Gasteiger partial charge in [0.15, 0.2) is 0 Å². The van der Waals surface area contributed by atoms with Crippen molar-refractivity contribution in [2.45, 2.75) is 64.1 Å². The molecule has 100 valence electrons. The molecule has 3 nitrogen and oxygen atoms in total. The van der Waals surface area contributed by atoms with Crippen LogP contribution >= 0.6 is 0 Å². The van der Waals surface area contributed by atoms with E-state index in [4.69, 9.17) is 0 Å². The average Bonchev–Trinajstić information content (AvgIpc) is 3.15. The lowest BCUT2D eigenvalue weighted by Gasteiger charge is -2.41. The standard InChI is InChI=1S/C14H28N2O/c1-3-5-14(17)13(4-2)16-10-8-15(9-11-16)12-6-7-12/h12-14,17H,3-11H2,1-2H3. The molecule has 2 rings (SSSR count). The second-order valence-electron chi connectivity index (χ2n) is 5.63. The fraction of sp³-hybridized carbons (Fsp3) is 1.00. The lowest BCUT2D eigenvalue weighted by molar-refractivity contribution is 0.0114. The van der Waals surface area contributed by atoms with E-state index < -0.39 is 0 Å². The highest BCUT2D eigenvalue weighted by Crippen LogP contribution is 2.28. The van der Waals surface area contributed by atoms with Crippen LogP contribution in [0, 0.1) is 0 Å². The molecule has 2 atom stereocenters. The summed E-state index contributed by atoms with van der Waals surface area (Å²) in [5.41, 5.74) is 0. The van der Waals surface area contributed by atoms with E-state index in [0.29, 0.717) is 6.04 Å². The third-order valence-corrected chi connectivity index (χ3v) is 4.33. The molecule has 2 aliphatic rings. The van der Waals surface area contributed by atoms with Crippen LogP contribution in [0.1, 0.15) is 46.0 Å². The molecule has 0 aromatic heterocycles. The van der Waals surface area contributed by atoms with Crippen molar-refractivity contribution in [3.05, 3.63) is 0 Å². The summed E-state index contributed by atoms with van der Waals surface area (Å²) >= 11 is 0. The van der Waals surface area contributed by atoms with Crippen LogP contribution in [-0.4, -0.2) is 59.3 Å². The van der Waals surface area contributed by atoms with E-state index in [1.54, 1.807) is 0 Å². The Morgan fingerprint density at radius 3 is 2.24 bits per heavy atom. The van der Waals surface area contributed by atoms with Crippen LogP contribution in [0.25, 0.3) is 0 Å². The van der Waals surface area contributed by atoms with Crippen LogP contribution in [0.15, 0.2) is 0 Å². The summed E-state index contributed by atoms with van der Waals surface area (Å²) in [6.07, 6.45) is 5.80. The number of aliphatic hydroxyl groups is 1. The molecule has 0 aromatic carbocycles. The molecule has 0 bridgehead atoms. The molecule has 0 amide bonds. The first-order valence-electron chi connectivity index (χ1n) is 7.42. The first kappa shape index (κ1) is 13.3. The fourth-order valence-corrected chi connectivity index (χ4v) is 3.14. The van der Waals surface area contributed by atoms with Crippen molar-refractivity contribution in [1.29, 1.82) is 0 Å². The van der Waals surface area contributed by atoms with Gasteiger partial charge in [0.2, 0.25) is 0 Å². The van der Waals surface area contributed by atoms with Crippen molar-refractivity contribution in [2.24, 2.45) is 0 Å². The topological polar surface area (TPSA) is 26.7 Å². The Kier molecular flexibility index (Phi) is 4.83. The van der Waals surface area contributed by atoms with Crippen molar-refractivity contribution in [3.8, 4) is 0 Å². The minimum Gasteiger partial charge on any atom is -0.391 e. The molecule has 1 heterocycles. The maximum atomic E-state index is 10.2. The molecule has 2 fully saturated rings. The Hall–Kier alpha value is -0.120. The Bertz CT molecular complexity index is 222. The van der Waals surface area contributed by atoms with Crippen LogP contribution in [0.5, 0.6) is 0 Å². The number of hydrogen-bond donors (Lipinski definition) is 1. The van der Waals surface area contributed by atoms with Gasteiger partial charge in [-0.15, -0.1) is 0 Å². The van der Waals surface area contributed by atoms with E-state index in [1.165, 1.54) is 25.9 Å². The molecule has 1 aliphatic heterocycles. The third-order valence-electron chi connectivity index (χ3n) is 4.33. The number of rotatable bonds is 6. The highest BCUT2D eigenvalue weighted by Gasteiger charge is 2.33. The largest absolute Gasteiger partial charge is 0.391 e. The Morgan fingerprint density at radius 2 is 1.76 bits per heavy atom. The fourth-order valence-electron chi connectivity index (χ4n) is 3.14. The summed E-state index contributed by atoms with van der Waals surface area (Å²) < 4.78 is 0. The van der Waals surface area contributed by atoms with Crippen LogP contribution in [-0.2, 0) is 0 Å². The maximum Gasteiger partial charge on any atom is 0.0695 e. The van der Waals surface area contributed by atoms with Crippen molar-refractivity contribution >= 4 is 0 Å². The third kappa shape index (κ3) is 3.43. The zero-order valence-electron chi connectivity index (χ0n) is 11.4. The SMILES string of the molecule is CCCC(O)C(CC)N1CCN(C2CC2)CC1. The van der Waals surface area contributed by atoms with Crippen LogP contribution in [0.4, 0.5) is 0 Å². The predicted octanol–water partition coefficient (Wildman–Crippen LogP) is 1.71. The van der Waals surface area contributed by atoms with Crippen molar-refractivity contribution in [1.82, 2.24) is 9.80 Å². The molecule has 2 unspecified atom stereocenters. The van der Waals surface area contributed by atoms with Crippen LogP contribution in [0.2, 0.25) is 0 Å². The second kappa shape index (κ2) is 6.17. The molecule has 0 radical (unpaired) electrons. The smallest absolute Gasteiger partial charge is 0.0695 e. The molecule has 3 heteroatoms. The quantitative estimate of drug-likeness (QED) is 0.765. The number of nitrogens with zero attached hydrogens (tertiary/aromatic N) is 2. The second-order valence-corrected chi connectivity index (χ2v) is 5.63. The van der Waals surface area contributed by atoms with E-state index in [9.17, 15) is 5.11 Å². The van der Waals surface area contributed by atoms with Gasteiger partial charge in [0, 0.05) is 38.3 Å².